The summed E-state index contributed by atoms with van der Waals surface area (Å²) in [4.78, 5) is 4.45. The number of benzene rings is 2. The molecule has 150 valence electrons. The molecular formula is C20H16ClF3N4S. The first-order valence-electron chi connectivity index (χ1n) is 8.50. The largest absolute Gasteiger partial charge is 0.416 e. The summed E-state index contributed by atoms with van der Waals surface area (Å²) >= 11 is 7.31. The first-order chi connectivity index (χ1) is 13.8. The monoisotopic (exact) mass is 436 g/mol. The third kappa shape index (κ3) is 6.20. The number of hydrogen-bond acceptors (Lipinski definition) is 5. The molecule has 0 bridgehead atoms. The Labute approximate surface area is 175 Å². The SMILES string of the molecule is Cc1nnc(SCc2ccc(Cl)cc2)nc1/C=C/Nc1cccc(C(F)(F)F)c1. The van der Waals surface area contributed by atoms with Gasteiger partial charge in [-0.25, -0.2) is 4.98 Å². The van der Waals surface area contributed by atoms with E-state index in [2.05, 4.69) is 20.5 Å². The average molecular weight is 437 g/mol. The topological polar surface area (TPSA) is 50.7 Å². The van der Waals surface area contributed by atoms with Crippen LogP contribution in [0.5, 0.6) is 0 Å². The van der Waals surface area contributed by atoms with Crippen molar-refractivity contribution in [2.45, 2.75) is 24.0 Å². The predicted octanol–water partition coefficient (Wildman–Crippen LogP) is 6.23. The van der Waals surface area contributed by atoms with Crippen LogP contribution < -0.4 is 5.32 Å². The van der Waals surface area contributed by atoms with Crippen LogP contribution in [0.1, 0.15) is 22.5 Å². The fourth-order valence-electron chi connectivity index (χ4n) is 2.32. The van der Waals surface area contributed by atoms with Gasteiger partial charge in [-0.15, -0.1) is 5.10 Å². The minimum Gasteiger partial charge on any atom is -0.362 e. The first kappa shape index (κ1) is 21.1. The minimum atomic E-state index is -4.38. The van der Waals surface area contributed by atoms with Gasteiger partial charge in [0.25, 0.3) is 0 Å². The van der Waals surface area contributed by atoms with Gasteiger partial charge in [0, 0.05) is 22.7 Å². The van der Waals surface area contributed by atoms with Crippen molar-refractivity contribution in [3.05, 3.63) is 82.3 Å². The van der Waals surface area contributed by atoms with E-state index in [1.165, 1.54) is 24.0 Å². The van der Waals surface area contributed by atoms with Crippen LogP contribution in [-0.4, -0.2) is 15.2 Å². The molecule has 0 aliphatic rings. The molecule has 2 aromatic carbocycles. The predicted molar refractivity (Wildman–Crippen MR) is 110 cm³/mol. The van der Waals surface area contributed by atoms with Crippen LogP contribution >= 0.6 is 23.4 Å². The van der Waals surface area contributed by atoms with Gasteiger partial charge >= 0.3 is 6.18 Å². The van der Waals surface area contributed by atoms with Crippen molar-refractivity contribution in [1.82, 2.24) is 15.2 Å². The number of halogens is 4. The molecule has 3 rings (SSSR count). The summed E-state index contributed by atoms with van der Waals surface area (Å²) in [5, 5.41) is 12.2. The molecule has 9 heteroatoms. The Balaban J connectivity index is 1.66. The van der Waals surface area contributed by atoms with E-state index in [0.29, 0.717) is 33.0 Å². The summed E-state index contributed by atoms with van der Waals surface area (Å²) in [6.45, 7) is 1.76. The molecule has 1 heterocycles. The van der Waals surface area contributed by atoms with Gasteiger partial charge in [0.2, 0.25) is 5.16 Å². The van der Waals surface area contributed by atoms with Crippen LogP contribution in [0.3, 0.4) is 0 Å². The molecule has 1 aromatic heterocycles. The molecule has 0 unspecified atom stereocenters. The molecule has 3 aromatic rings. The number of nitrogens with zero attached hydrogens (tertiary/aromatic N) is 3. The maximum atomic E-state index is 12.8. The van der Waals surface area contributed by atoms with Crippen LogP contribution in [0.15, 0.2) is 59.9 Å². The normalized spacial score (nSPS) is 11.8. The van der Waals surface area contributed by atoms with Crippen molar-refractivity contribution >= 4 is 35.1 Å². The molecule has 0 saturated carbocycles. The Morgan fingerprint density at radius 3 is 2.59 bits per heavy atom. The number of hydrogen-bond donors (Lipinski definition) is 1. The standard InChI is InChI=1S/C20H16ClF3N4S/c1-13-18(9-10-25-17-4-2-3-15(11-17)20(22,23)24)26-19(28-27-13)29-12-14-5-7-16(21)8-6-14/h2-11,25H,12H2,1H3/b10-9+. The fraction of sp³-hybridized carbons (Fsp3) is 0.150. The molecule has 29 heavy (non-hydrogen) atoms. The lowest BCUT2D eigenvalue weighted by Gasteiger charge is -2.08. The van der Waals surface area contributed by atoms with Gasteiger partial charge in [-0.3, -0.25) is 0 Å². The van der Waals surface area contributed by atoms with Gasteiger partial charge in [-0.2, -0.15) is 18.3 Å². The Morgan fingerprint density at radius 2 is 1.86 bits per heavy atom. The summed E-state index contributed by atoms with van der Waals surface area (Å²) in [5.41, 5.74) is 1.89. The molecule has 0 fully saturated rings. The molecule has 0 aliphatic carbocycles. The Kier molecular flexibility index (Phi) is 6.76. The molecular weight excluding hydrogens is 421 g/mol. The van der Waals surface area contributed by atoms with Gasteiger partial charge in [-0.1, -0.05) is 41.6 Å². The Bertz CT molecular complexity index is 1010. The maximum Gasteiger partial charge on any atom is 0.416 e. The minimum absolute atomic E-state index is 0.327. The summed E-state index contributed by atoms with van der Waals surface area (Å²) in [6.07, 6.45) is -1.21. The van der Waals surface area contributed by atoms with Crippen molar-refractivity contribution in [2.24, 2.45) is 0 Å². The highest BCUT2D eigenvalue weighted by atomic mass is 35.5. The lowest BCUT2D eigenvalue weighted by molar-refractivity contribution is -0.137. The number of rotatable bonds is 6. The van der Waals surface area contributed by atoms with Crippen LogP contribution in [0.25, 0.3) is 6.08 Å². The summed E-state index contributed by atoms with van der Waals surface area (Å²) < 4.78 is 38.4. The molecule has 0 atom stereocenters. The summed E-state index contributed by atoms with van der Waals surface area (Å²) in [5.74, 6) is 0.660. The Morgan fingerprint density at radius 1 is 1.10 bits per heavy atom. The van der Waals surface area contributed by atoms with E-state index in [9.17, 15) is 13.2 Å². The summed E-state index contributed by atoms with van der Waals surface area (Å²) in [7, 11) is 0. The number of anilines is 1. The van der Waals surface area contributed by atoms with Crippen molar-refractivity contribution in [3.8, 4) is 0 Å². The smallest absolute Gasteiger partial charge is 0.362 e. The second-order valence-corrected chi connectivity index (χ2v) is 7.42. The number of alkyl halides is 3. The second kappa shape index (κ2) is 9.28. The van der Waals surface area contributed by atoms with Gasteiger partial charge in [0.1, 0.15) is 0 Å². The average Bonchev–Trinajstić information content (AvgIpc) is 2.69. The van der Waals surface area contributed by atoms with E-state index < -0.39 is 11.7 Å². The Hall–Kier alpha value is -2.58. The highest BCUT2D eigenvalue weighted by Gasteiger charge is 2.30. The van der Waals surface area contributed by atoms with E-state index in [1.807, 2.05) is 24.3 Å². The van der Waals surface area contributed by atoms with Crippen molar-refractivity contribution in [1.29, 1.82) is 0 Å². The fourth-order valence-corrected chi connectivity index (χ4v) is 3.20. The van der Waals surface area contributed by atoms with Gasteiger partial charge < -0.3 is 5.32 Å². The molecule has 0 radical (unpaired) electrons. The highest BCUT2D eigenvalue weighted by Crippen LogP contribution is 2.30. The van der Waals surface area contributed by atoms with Crippen LogP contribution in [0, 0.1) is 6.92 Å². The van der Waals surface area contributed by atoms with Crippen LogP contribution in [0.2, 0.25) is 5.02 Å². The third-order valence-corrected chi connectivity index (χ3v) is 5.00. The lowest BCUT2D eigenvalue weighted by atomic mass is 10.2. The quantitative estimate of drug-likeness (QED) is 0.464. The van der Waals surface area contributed by atoms with Crippen LogP contribution in [-0.2, 0) is 11.9 Å². The molecule has 1 N–H and O–H groups in total. The van der Waals surface area contributed by atoms with Gasteiger partial charge in [-0.05, 0) is 48.9 Å². The number of nitrogens with one attached hydrogen (secondary N) is 1. The molecule has 4 nitrogen and oxygen atoms in total. The van der Waals surface area contributed by atoms with Crippen LogP contribution in [0.4, 0.5) is 18.9 Å². The zero-order valence-electron chi connectivity index (χ0n) is 15.2. The third-order valence-electron chi connectivity index (χ3n) is 3.83. The van der Waals surface area contributed by atoms with E-state index in [0.717, 1.165) is 17.7 Å². The first-order valence-corrected chi connectivity index (χ1v) is 9.86. The van der Waals surface area contributed by atoms with Crippen molar-refractivity contribution < 1.29 is 13.2 Å². The molecule has 0 aliphatic heterocycles. The number of aryl methyl sites for hydroxylation is 1. The maximum absolute atomic E-state index is 12.8. The molecule has 0 spiro atoms. The number of aromatic nitrogens is 3. The van der Waals surface area contributed by atoms with E-state index in [1.54, 1.807) is 19.1 Å². The lowest BCUT2D eigenvalue weighted by Crippen LogP contribution is -2.05. The zero-order chi connectivity index (χ0) is 20.9. The molecule has 0 amide bonds. The van der Waals surface area contributed by atoms with Gasteiger partial charge in [0.15, 0.2) is 0 Å². The van der Waals surface area contributed by atoms with E-state index >= 15 is 0 Å². The second-order valence-electron chi connectivity index (χ2n) is 6.04. The van der Waals surface area contributed by atoms with Gasteiger partial charge in [0.05, 0.1) is 17.0 Å². The van der Waals surface area contributed by atoms with E-state index in [4.69, 9.17) is 11.6 Å². The van der Waals surface area contributed by atoms with Crippen molar-refractivity contribution in [3.63, 3.8) is 0 Å². The zero-order valence-corrected chi connectivity index (χ0v) is 16.8. The molecule has 0 saturated heterocycles. The highest BCUT2D eigenvalue weighted by molar-refractivity contribution is 7.98. The summed E-state index contributed by atoms with van der Waals surface area (Å²) in [6, 6.07) is 12.5. The van der Waals surface area contributed by atoms with E-state index in [-0.39, 0.29) is 0 Å². The van der Waals surface area contributed by atoms with Crippen molar-refractivity contribution in [2.75, 3.05) is 5.32 Å². The number of thioether (sulfide) groups is 1.